The van der Waals surface area contributed by atoms with Gasteiger partial charge in [0.15, 0.2) is 0 Å². The number of nitrogens with one attached hydrogen (secondary N) is 2. The Hall–Kier alpha value is -0.630. The molecule has 0 saturated heterocycles. The summed E-state index contributed by atoms with van der Waals surface area (Å²) in [7, 11) is 0. The monoisotopic (exact) mass is 154 g/mol. The van der Waals surface area contributed by atoms with Crippen molar-refractivity contribution < 1.29 is 0 Å². The van der Waals surface area contributed by atoms with Crippen molar-refractivity contribution in [2.45, 2.75) is 26.8 Å². The Morgan fingerprint density at radius 1 is 1.73 bits per heavy atom. The Labute approximate surface area is 69.2 Å². The number of rotatable bonds is 5. The smallest absolute Gasteiger partial charge is 0.0291 e. The Morgan fingerprint density at radius 3 is 2.55 bits per heavy atom. The van der Waals surface area contributed by atoms with Crippen molar-refractivity contribution in [1.82, 2.24) is 5.32 Å². The zero-order valence-electron chi connectivity index (χ0n) is 7.65. The van der Waals surface area contributed by atoms with Gasteiger partial charge in [-0.25, -0.2) is 0 Å². The molecule has 0 aliphatic heterocycles. The minimum absolute atomic E-state index is 0.176. The first-order valence-corrected chi connectivity index (χ1v) is 4.04. The van der Waals surface area contributed by atoms with Gasteiger partial charge >= 0.3 is 0 Å². The molecule has 11 heavy (non-hydrogen) atoms. The summed E-state index contributed by atoms with van der Waals surface area (Å²) in [6, 6.07) is 0.329. The summed E-state index contributed by atoms with van der Waals surface area (Å²) in [5, 5.41) is 10.7. The Morgan fingerprint density at radius 2 is 2.27 bits per heavy atom. The van der Waals surface area contributed by atoms with Crippen molar-refractivity contribution in [3.05, 3.63) is 12.7 Å². The highest BCUT2D eigenvalue weighted by Crippen LogP contribution is 2.05. The highest BCUT2D eigenvalue weighted by Gasteiger charge is 2.13. The van der Waals surface area contributed by atoms with E-state index in [-0.39, 0.29) is 5.92 Å². The second kappa shape index (κ2) is 5.08. The average Bonchev–Trinajstić information content (AvgIpc) is 1.88. The average molecular weight is 154 g/mol. The van der Waals surface area contributed by atoms with Crippen molar-refractivity contribution >= 4 is 5.71 Å². The third-order valence-corrected chi connectivity index (χ3v) is 1.82. The van der Waals surface area contributed by atoms with Gasteiger partial charge in [-0.15, -0.1) is 6.58 Å². The minimum atomic E-state index is 0.176. The second-order valence-electron chi connectivity index (χ2n) is 2.79. The van der Waals surface area contributed by atoms with E-state index in [4.69, 9.17) is 5.41 Å². The molecular weight excluding hydrogens is 136 g/mol. The maximum absolute atomic E-state index is 7.45. The van der Waals surface area contributed by atoms with E-state index in [1.165, 1.54) is 0 Å². The molecular formula is C9H18N2. The topological polar surface area (TPSA) is 35.9 Å². The molecule has 2 unspecified atom stereocenters. The van der Waals surface area contributed by atoms with Crippen LogP contribution in [0.3, 0.4) is 0 Å². The lowest BCUT2D eigenvalue weighted by Crippen LogP contribution is -2.35. The molecule has 0 fully saturated rings. The zero-order chi connectivity index (χ0) is 8.85. The van der Waals surface area contributed by atoms with Gasteiger partial charge in [0.1, 0.15) is 0 Å². The molecule has 0 bridgehead atoms. The summed E-state index contributed by atoms with van der Waals surface area (Å²) < 4.78 is 0. The Bertz CT molecular complexity index is 140. The van der Waals surface area contributed by atoms with E-state index in [1.807, 2.05) is 13.0 Å². The van der Waals surface area contributed by atoms with Crippen LogP contribution in [0.4, 0.5) is 0 Å². The van der Waals surface area contributed by atoms with Gasteiger partial charge in [-0.3, -0.25) is 0 Å². The summed E-state index contributed by atoms with van der Waals surface area (Å²) in [4.78, 5) is 0. The van der Waals surface area contributed by atoms with Crippen LogP contribution >= 0.6 is 0 Å². The maximum atomic E-state index is 7.45. The summed E-state index contributed by atoms with van der Waals surface area (Å²) in [6.45, 7) is 10.6. The van der Waals surface area contributed by atoms with Crippen LogP contribution in [0, 0.1) is 11.3 Å². The molecule has 0 radical (unpaired) electrons. The van der Waals surface area contributed by atoms with E-state index in [0.717, 1.165) is 6.54 Å². The third kappa shape index (κ3) is 3.33. The van der Waals surface area contributed by atoms with Crippen LogP contribution in [-0.4, -0.2) is 18.3 Å². The fraction of sp³-hybridized carbons (Fsp3) is 0.667. The van der Waals surface area contributed by atoms with Crippen molar-refractivity contribution in [1.29, 1.82) is 5.41 Å². The number of hydrogen-bond donors (Lipinski definition) is 2. The van der Waals surface area contributed by atoms with Crippen LogP contribution in [0.1, 0.15) is 20.8 Å². The van der Waals surface area contributed by atoms with Gasteiger partial charge in [0.25, 0.3) is 0 Å². The number of hydrogen-bond acceptors (Lipinski definition) is 2. The third-order valence-electron chi connectivity index (χ3n) is 1.82. The highest BCUT2D eigenvalue weighted by atomic mass is 14.9. The van der Waals surface area contributed by atoms with Crippen molar-refractivity contribution in [2.75, 3.05) is 6.54 Å². The SMILES string of the molecule is C=CC(C(C)=N)C(C)NCC. The second-order valence-corrected chi connectivity index (χ2v) is 2.79. The predicted molar refractivity (Wildman–Crippen MR) is 50.2 cm³/mol. The van der Waals surface area contributed by atoms with E-state index in [9.17, 15) is 0 Å². The predicted octanol–water partition coefficient (Wildman–Crippen LogP) is 1.83. The molecule has 2 atom stereocenters. The molecule has 2 heteroatoms. The summed E-state index contributed by atoms with van der Waals surface area (Å²) >= 11 is 0. The summed E-state index contributed by atoms with van der Waals surface area (Å²) in [5.74, 6) is 0.176. The van der Waals surface area contributed by atoms with Crippen LogP contribution in [0.25, 0.3) is 0 Å². The van der Waals surface area contributed by atoms with Crippen molar-refractivity contribution in [3.63, 3.8) is 0 Å². The minimum Gasteiger partial charge on any atom is -0.314 e. The van der Waals surface area contributed by atoms with Crippen LogP contribution in [0.2, 0.25) is 0 Å². The van der Waals surface area contributed by atoms with Crippen LogP contribution < -0.4 is 5.32 Å². The summed E-state index contributed by atoms with van der Waals surface area (Å²) in [6.07, 6.45) is 1.83. The quantitative estimate of drug-likeness (QED) is 0.460. The fourth-order valence-corrected chi connectivity index (χ4v) is 1.20. The lowest BCUT2D eigenvalue weighted by atomic mass is 9.97. The summed E-state index contributed by atoms with van der Waals surface area (Å²) in [5.41, 5.74) is 0.674. The highest BCUT2D eigenvalue weighted by molar-refractivity contribution is 5.83. The van der Waals surface area contributed by atoms with Gasteiger partial charge in [0.2, 0.25) is 0 Å². The maximum Gasteiger partial charge on any atom is 0.0291 e. The van der Waals surface area contributed by atoms with E-state index >= 15 is 0 Å². The van der Waals surface area contributed by atoms with Gasteiger partial charge in [-0.1, -0.05) is 13.0 Å². The molecule has 0 aliphatic rings. The molecule has 2 nitrogen and oxygen atoms in total. The fourth-order valence-electron chi connectivity index (χ4n) is 1.20. The molecule has 0 rings (SSSR count). The molecule has 0 aromatic rings. The standard InChI is InChI=1S/C9H18N2/c1-5-9(7(3)10)8(4)11-6-2/h5,8-11H,1,6H2,2-4H3. The van der Waals surface area contributed by atoms with Gasteiger partial charge in [0, 0.05) is 17.7 Å². The lowest BCUT2D eigenvalue weighted by molar-refractivity contribution is 0.520. The lowest BCUT2D eigenvalue weighted by Gasteiger charge is -2.20. The van der Waals surface area contributed by atoms with Gasteiger partial charge in [-0.2, -0.15) is 0 Å². The first kappa shape index (κ1) is 10.4. The van der Waals surface area contributed by atoms with E-state index < -0.39 is 0 Å². The van der Waals surface area contributed by atoms with Crippen LogP contribution in [-0.2, 0) is 0 Å². The molecule has 2 N–H and O–H groups in total. The normalized spacial score (nSPS) is 15.5. The van der Waals surface area contributed by atoms with Crippen LogP contribution in [0.5, 0.6) is 0 Å². The van der Waals surface area contributed by atoms with Gasteiger partial charge < -0.3 is 10.7 Å². The largest absolute Gasteiger partial charge is 0.314 e. The van der Waals surface area contributed by atoms with Gasteiger partial charge in [0.05, 0.1) is 0 Å². The van der Waals surface area contributed by atoms with E-state index in [2.05, 4.69) is 25.7 Å². The molecule has 0 saturated carbocycles. The molecule has 0 spiro atoms. The molecule has 0 amide bonds. The molecule has 64 valence electrons. The molecule has 0 heterocycles. The molecule has 0 aromatic carbocycles. The Kier molecular flexibility index (Phi) is 4.79. The first-order valence-electron chi connectivity index (χ1n) is 4.04. The van der Waals surface area contributed by atoms with E-state index in [1.54, 1.807) is 0 Å². The van der Waals surface area contributed by atoms with E-state index in [0.29, 0.717) is 11.8 Å². The van der Waals surface area contributed by atoms with Crippen LogP contribution in [0.15, 0.2) is 12.7 Å². The van der Waals surface area contributed by atoms with Gasteiger partial charge in [-0.05, 0) is 20.4 Å². The van der Waals surface area contributed by atoms with Crippen molar-refractivity contribution in [2.24, 2.45) is 5.92 Å². The van der Waals surface area contributed by atoms with Crippen molar-refractivity contribution in [3.8, 4) is 0 Å². The molecule has 0 aliphatic carbocycles. The molecule has 0 aromatic heterocycles. The Balaban J connectivity index is 4.02. The first-order chi connectivity index (χ1) is 5.13. The zero-order valence-corrected chi connectivity index (χ0v) is 7.65.